The van der Waals surface area contributed by atoms with Crippen LogP contribution in [0.25, 0.3) is 10.8 Å². The van der Waals surface area contributed by atoms with Crippen LogP contribution in [-0.4, -0.2) is 95.3 Å². The van der Waals surface area contributed by atoms with Gasteiger partial charge in [0.05, 0.1) is 50.0 Å². The Hall–Kier alpha value is -4.20. The number of fused-ring (bicyclic) bond motifs is 2. The Labute approximate surface area is 276 Å². The molecule has 0 N–H and O–H groups in total. The molecule has 244 valence electrons. The van der Waals surface area contributed by atoms with Crippen molar-refractivity contribution in [1.82, 2.24) is 19.8 Å². The van der Waals surface area contributed by atoms with Gasteiger partial charge < -0.3 is 24.2 Å². The summed E-state index contributed by atoms with van der Waals surface area (Å²) in [5.74, 6) is 0.768. The quantitative estimate of drug-likeness (QED) is 0.335. The van der Waals surface area contributed by atoms with Gasteiger partial charge in [0.1, 0.15) is 12.4 Å². The van der Waals surface area contributed by atoms with E-state index in [1.54, 1.807) is 4.90 Å². The Kier molecular flexibility index (Phi) is 7.77. The van der Waals surface area contributed by atoms with Crippen molar-refractivity contribution in [2.75, 3.05) is 55.8 Å². The molecule has 1 amide bonds. The number of hydrogen-bond donors (Lipinski definition) is 0. The van der Waals surface area contributed by atoms with Crippen molar-refractivity contribution in [3.63, 3.8) is 0 Å². The number of rotatable bonds is 8. The molecule has 4 fully saturated rings. The van der Waals surface area contributed by atoms with Crippen LogP contribution < -0.4 is 14.5 Å². The van der Waals surface area contributed by atoms with Gasteiger partial charge in [-0.1, -0.05) is 36.9 Å². The van der Waals surface area contributed by atoms with Crippen molar-refractivity contribution >= 4 is 28.2 Å². The first kappa shape index (κ1) is 30.2. The van der Waals surface area contributed by atoms with Crippen LogP contribution in [0.1, 0.15) is 48.9 Å². The molecule has 8 rings (SSSR count). The average Bonchev–Trinajstić information content (AvgIpc) is 3.68. The molecule has 1 aromatic heterocycles. The summed E-state index contributed by atoms with van der Waals surface area (Å²) >= 11 is 0. The summed E-state index contributed by atoms with van der Waals surface area (Å²) in [7, 11) is 0. The summed E-state index contributed by atoms with van der Waals surface area (Å²) in [5.41, 5.74) is 4.75. The first-order chi connectivity index (χ1) is 23.0. The minimum absolute atomic E-state index is 0.0198. The van der Waals surface area contributed by atoms with Crippen LogP contribution in [0.4, 0.5) is 11.5 Å². The van der Waals surface area contributed by atoms with Crippen molar-refractivity contribution in [2.45, 2.75) is 75.7 Å². The van der Waals surface area contributed by atoms with Crippen LogP contribution in [0.2, 0.25) is 0 Å². The second-order valence-electron chi connectivity index (χ2n) is 13.9. The first-order valence-corrected chi connectivity index (χ1v) is 17.1. The van der Waals surface area contributed by atoms with Crippen LogP contribution in [0.3, 0.4) is 0 Å². The highest BCUT2D eigenvalue weighted by Gasteiger charge is 2.52. The summed E-state index contributed by atoms with van der Waals surface area (Å²) in [6, 6.07) is 16.4. The molecule has 0 unspecified atom stereocenters. The van der Waals surface area contributed by atoms with E-state index in [0.29, 0.717) is 50.9 Å². The zero-order chi connectivity index (χ0) is 32.1. The first-order valence-electron chi connectivity index (χ1n) is 17.1. The predicted molar refractivity (Wildman–Crippen MR) is 181 cm³/mol. The van der Waals surface area contributed by atoms with Crippen molar-refractivity contribution in [2.24, 2.45) is 0 Å². The molecular weight excluding hydrogens is 590 g/mol. The van der Waals surface area contributed by atoms with Gasteiger partial charge in [-0.2, -0.15) is 15.2 Å². The van der Waals surface area contributed by atoms with Gasteiger partial charge >= 0.3 is 6.01 Å². The number of likely N-dealkylation sites (tertiary alicyclic amines) is 1. The van der Waals surface area contributed by atoms with Gasteiger partial charge in [-0.25, -0.2) is 0 Å². The molecule has 0 radical (unpaired) electrons. The third kappa shape index (κ3) is 5.39. The van der Waals surface area contributed by atoms with Gasteiger partial charge in [-0.05, 0) is 62.2 Å². The zero-order valence-electron chi connectivity index (χ0n) is 27.2. The van der Waals surface area contributed by atoms with Crippen LogP contribution >= 0.6 is 0 Å². The van der Waals surface area contributed by atoms with Gasteiger partial charge in [0, 0.05) is 54.3 Å². The van der Waals surface area contributed by atoms with E-state index < -0.39 is 0 Å². The number of aryl methyl sites for hydroxylation is 1. The number of anilines is 2. The van der Waals surface area contributed by atoms with E-state index >= 15 is 0 Å². The molecule has 47 heavy (non-hydrogen) atoms. The van der Waals surface area contributed by atoms with Crippen molar-refractivity contribution in [3.05, 3.63) is 65.9 Å². The SMILES string of the molecule is C=CC(=O)N1CCN(c2nc(OC[C@@H]3CCCN3C3COC3)nc3c2CC2(CC2)N(c2cccc4cccc(C)c24)C3)C[C@@H]1CC#N. The van der Waals surface area contributed by atoms with Crippen LogP contribution in [-0.2, 0) is 22.5 Å². The minimum atomic E-state index is -0.236. The number of nitriles is 1. The fraction of sp³-hybridized carbons (Fsp3) is 0.514. The van der Waals surface area contributed by atoms with E-state index in [9.17, 15) is 10.1 Å². The number of piperazine rings is 1. The number of aromatic nitrogens is 2. The van der Waals surface area contributed by atoms with E-state index in [1.165, 1.54) is 33.7 Å². The fourth-order valence-electron chi connectivity index (χ4n) is 8.38. The van der Waals surface area contributed by atoms with Crippen molar-refractivity contribution < 1.29 is 14.3 Å². The van der Waals surface area contributed by atoms with Crippen LogP contribution in [0.15, 0.2) is 49.1 Å². The van der Waals surface area contributed by atoms with E-state index in [2.05, 4.69) is 70.7 Å². The van der Waals surface area contributed by atoms with Crippen LogP contribution in [0.5, 0.6) is 6.01 Å². The maximum absolute atomic E-state index is 12.7. The minimum Gasteiger partial charge on any atom is -0.462 e. The Morgan fingerprint density at radius 2 is 1.98 bits per heavy atom. The Morgan fingerprint density at radius 1 is 1.15 bits per heavy atom. The molecule has 2 aromatic carbocycles. The predicted octanol–water partition coefficient (Wildman–Crippen LogP) is 4.39. The number of nitrogens with zero attached hydrogens (tertiary/aromatic N) is 7. The number of carbonyl (C=O) groups excluding carboxylic acids is 1. The second kappa shape index (κ2) is 12.1. The smallest absolute Gasteiger partial charge is 0.318 e. The number of hydrogen-bond acceptors (Lipinski definition) is 9. The molecule has 1 aliphatic carbocycles. The number of ether oxygens (including phenoxy) is 2. The number of carbonyl (C=O) groups is 1. The summed E-state index contributed by atoms with van der Waals surface area (Å²) in [6.45, 7) is 11.5. The van der Waals surface area contributed by atoms with Crippen molar-refractivity contribution in [1.29, 1.82) is 5.26 Å². The van der Waals surface area contributed by atoms with E-state index in [1.807, 2.05) is 0 Å². The lowest BCUT2D eigenvalue weighted by Crippen LogP contribution is -2.55. The normalized spacial score (nSPS) is 23.8. The number of amides is 1. The topological polar surface area (TPSA) is 98.1 Å². The Balaban J connectivity index is 1.16. The lowest BCUT2D eigenvalue weighted by atomic mass is 9.92. The van der Waals surface area contributed by atoms with E-state index in [4.69, 9.17) is 19.4 Å². The highest BCUT2D eigenvalue weighted by molar-refractivity contribution is 5.97. The lowest BCUT2D eigenvalue weighted by Gasteiger charge is -2.44. The van der Waals surface area contributed by atoms with Gasteiger partial charge in [0.25, 0.3) is 0 Å². The molecule has 1 saturated carbocycles. The fourth-order valence-corrected chi connectivity index (χ4v) is 8.38. The maximum atomic E-state index is 12.7. The summed E-state index contributed by atoms with van der Waals surface area (Å²) in [4.78, 5) is 32.2. The highest BCUT2D eigenvalue weighted by Crippen LogP contribution is 2.53. The van der Waals surface area contributed by atoms with E-state index in [0.717, 1.165) is 63.4 Å². The molecule has 10 heteroatoms. The maximum Gasteiger partial charge on any atom is 0.318 e. The molecule has 0 bridgehead atoms. The summed E-state index contributed by atoms with van der Waals surface area (Å²) < 4.78 is 12.0. The third-order valence-corrected chi connectivity index (χ3v) is 11.1. The third-order valence-electron chi connectivity index (χ3n) is 11.1. The molecule has 3 saturated heterocycles. The highest BCUT2D eigenvalue weighted by atomic mass is 16.5. The van der Waals surface area contributed by atoms with E-state index in [-0.39, 0.29) is 23.9 Å². The molecule has 5 heterocycles. The Bertz CT molecular complexity index is 1740. The summed E-state index contributed by atoms with van der Waals surface area (Å²) in [6.07, 6.45) is 6.96. The lowest BCUT2D eigenvalue weighted by molar-refractivity contribution is -0.128. The Morgan fingerprint density at radius 3 is 2.72 bits per heavy atom. The van der Waals surface area contributed by atoms with Gasteiger partial charge in [-0.3, -0.25) is 9.69 Å². The molecule has 5 aliphatic rings. The van der Waals surface area contributed by atoms with Crippen molar-refractivity contribution in [3.8, 4) is 12.1 Å². The summed E-state index contributed by atoms with van der Waals surface area (Å²) in [5, 5.41) is 12.2. The molecule has 10 nitrogen and oxygen atoms in total. The zero-order valence-corrected chi connectivity index (χ0v) is 27.2. The molecule has 1 spiro atoms. The van der Waals surface area contributed by atoms with Gasteiger partial charge in [0.15, 0.2) is 0 Å². The number of benzene rings is 2. The second-order valence-corrected chi connectivity index (χ2v) is 13.9. The average molecular weight is 634 g/mol. The van der Waals surface area contributed by atoms with Gasteiger partial charge in [-0.15, -0.1) is 0 Å². The molecule has 2 atom stereocenters. The molecule has 3 aromatic rings. The monoisotopic (exact) mass is 633 g/mol. The largest absolute Gasteiger partial charge is 0.462 e. The van der Waals surface area contributed by atoms with Gasteiger partial charge in [0.2, 0.25) is 5.91 Å². The van der Waals surface area contributed by atoms with Crippen LogP contribution in [0, 0.1) is 18.3 Å². The standard InChI is InChI=1S/C37H43N7O3/c1-3-33(45)43-18-17-41(20-27(43)12-15-38)35-30-19-37(13-14-37)44(32-11-5-9-26-8-4-7-25(2)34(26)32)21-31(30)39-36(40-35)47-24-28-10-6-16-42(28)29-22-46-23-29/h3-5,7-9,11,27-29H,1,6,10,12-14,16-24H2,2H3/t27-,28-/m0/s1. The molecule has 4 aliphatic heterocycles. The molecular formula is C37H43N7O3.